The molecule has 0 bridgehead atoms. The first-order chi connectivity index (χ1) is 7.34. The molecule has 0 aromatic rings. The minimum Gasteiger partial charge on any atom is -0.300 e. The number of allylic oxidation sites excluding steroid dienone is 1. The molecular formula is C13H19NO. The van der Waals surface area contributed by atoms with E-state index in [1.54, 1.807) is 0 Å². The molecule has 0 amide bonds. The summed E-state index contributed by atoms with van der Waals surface area (Å²) in [7, 11) is 0. The molecule has 2 aliphatic heterocycles. The fraction of sp³-hybridized carbons (Fsp3) is 0.769. The Morgan fingerprint density at radius 2 is 2.07 bits per heavy atom. The topological polar surface area (TPSA) is 20.3 Å². The lowest BCUT2D eigenvalue weighted by atomic mass is 9.83. The van der Waals surface area contributed by atoms with Crippen LogP contribution in [0.25, 0.3) is 0 Å². The molecule has 15 heavy (non-hydrogen) atoms. The van der Waals surface area contributed by atoms with Crippen LogP contribution in [0.4, 0.5) is 0 Å². The highest BCUT2D eigenvalue weighted by Gasteiger charge is 2.39. The van der Waals surface area contributed by atoms with Crippen LogP contribution < -0.4 is 0 Å². The van der Waals surface area contributed by atoms with Gasteiger partial charge in [-0.15, -0.1) is 0 Å². The number of carbonyl (C=O) groups excluding carboxylic acids is 1. The zero-order valence-corrected chi connectivity index (χ0v) is 9.24. The van der Waals surface area contributed by atoms with Crippen LogP contribution in [-0.4, -0.2) is 29.8 Å². The Labute approximate surface area is 91.3 Å². The van der Waals surface area contributed by atoms with Gasteiger partial charge in [0, 0.05) is 12.5 Å². The molecule has 2 heterocycles. The van der Waals surface area contributed by atoms with E-state index < -0.39 is 0 Å². The Bertz CT molecular complexity index is 308. The van der Waals surface area contributed by atoms with Crippen LogP contribution >= 0.6 is 0 Å². The van der Waals surface area contributed by atoms with Crippen molar-refractivity contribution in [2.75, 3.05) is 13.1 Å². The summed E-state index contributed by atoms with van der Waals surface area (Å²) in [5.74, 6) is 1.09. The average molecular weight is 205 g/mol. The third-order valence-corrected chi connectivity index (χ3v) is 4.32. The number of nitrogens with zero attached hydrogens (tertiary/aromatic N) is 1. The first-order valence-electron chi connectivity index (χ1n) is 6.32. The van der Waals surface area contributed by atoms with Crippen molar-refractivity contribution in [2.24, 2.45) is 5.92 Å². The van der Waals surface area contributed by atoms with Gasteiger partial charge in [0.05, 0.1) is 0 Å². The second-order valence-corrected chi connectivity index (χ2v) is 5.18. The molecule has 0 radical (unpaired) electrons. The molecule has 2 nitrogen and oxygen atoms in total. The number of hydrogen-bond acceptors (Lipinski definition) is 2. The van der Waals surface area contributed by atoms with Crippen molar-refractivity contribution in [3.05, 3.63) is 11.6 Å². The van der Waals surface area contributed by atoms with Gasteiger partial charge in [-0.3, -0.25) is 9.69 Å². The van der Waals surface area contributed by atoms with E-state index in [1.807, 2.05) is 6.08 Å². The highest BCUT2D eigenvalue weighted by molar-refractivity contribution is 5.91. The second-order valence-electron chi connectivity index (χ2n) is 5.18. The molecule has 0 aromatic carbocycles. The number of rotatable bonds is 1. The van der Waals surface area contributed by atoms with Gasteiger partial charge in [0.2, 0.25) is 0 Å². The van der Waals surface area contributed by atoms with Crippen LogP contribution in [-0.2, 0) is 4.79 Å². The average Bonchev–Trinajstić information content (AvgIpc) is 2.77. The van der Waals surface area contributed by atoms with Gasteiger partial charge in [0.15, 0.2) is 5.78 Å². The number of hydrogen-bond donors (Lipinski definition) is 0. The van der Waals surface area contributed by atoms with Gasteiger partial charge in [0.25, 0.3) is 0 Å². The number of ketones is 1. The minimum absolute atomic E-state index is 0.368. The predicted octanol–water partition coefficient (Wildman–Crippen LogP) is 2.15. The van der Waals surface area contributed by atoms with Gasteiger partial charge in [-0.1, -0.05) is 5.57 Å². The summed E-state index contributed by atoms with van der Waals surface area (Å²) in [6, 6.07) is 0.780. The van der Waals surface area contributed by atoms with E-state index in [4.69, 9.17) is 0 Å². The molecule has 2 fully saturated rings. The quantitative estimate of drug-likeness (QED) is 0.653. The van der Waals surface area contributed by atoms with Gasteiger partial charge >= 0.3 is 0 Å². The Kier molecular flexibility index (Phi) is 2.39. The highest BCUT2D eigenvalue weighted by Crippen LogP contribution is 2.39. The smallest absolute Gasteiger partial charge is 0.155 e. The van der Waals surface area contributed by atoms with E-state index >= 15 is 0 Å². The summed E-state index contributed by atoms with van der Waals surface area (Å²) in [6.45, 7) is 2.56. The molecule has 2 saturated heterocycles. The maximum atomic E-state index is 11.4. The normalized spacial score (nSPS) is 36.8. The Morgan fingerprint density at radius 3 is 2.93 bits per heavy atom. The lowest BCUT2D eigenvalue weighted by Crippen LogP contribution is -2.27. The largest absolute Gasteiger partial charge is 0.300 e. The fourth-order valence-electron chi connectivity index (χ4n) is 3.63. The first kappa shape index (κ1) is 9.59. The van der Waals surface area contributed by atoms with Crippen LogP contribution in [0.2, 0.25) is 0 Å². The van der Waals surface area contributed by atoms with Gasteiger partial charge in [-0.2, -0.15) is 0 Å². The van der Waals surface area contributed by atoms with Crippen molar-refractivity contribution in [2.45, 2.75) is 44.6 Å². The molecule has 0 spiro atoms. The molecule has 2 atom stereocenters. The molecular weight excluding hydrogens is 186 g/mol. The van der Waals surface area contributed by atoms with E-state index in [-0.39, 0.29) is 0 Å². The van der Waals surface area contributed by atoms with Gasteiger partial charge in [-0.25, -0.2) is 0 Å². The molecule has 3 aliphatic rings. The van der Waals surface area contributed by atoms with E-state index in [0.717, 1.165) is 24.8 Å². The summed E-state index contributed by atoms with van der Waals surface area (Å²) < 4.78 is 0. The van der Waals surface area contributed by atoms with Crippen molar-refractivity contribution in [3.63, 3.8) is 0 Å². The van der Waals surface area contributed by atoms with Crippen molar-refractivity contribution < 1.29 is 4.79 Å². The van der Waals surface area contributed by atoms with E-state index in [0.29, 0.717) is 5.78 Å². The number of carbonyl (C=O) groups is 1. The lowest BCUT2D eigenvalue weighted by molar-refractivity contribution is -0.115. The maximum Gasteiger partial charge on any atom is 0.155 e. The van der Waals surface area contributed by atoms with E-state index in [9.17, 15) is 4.79 Å². The summed E-state index contributed by atoms with van der Waals surface area (Å²) in [6.07, 6.45) is 9.04. The SMILES string of the molecule is O=C1C=C(C2CCN3CCCC23)CCC1. The number of fused-ring (bicyclic) bond motifs is 1. The summed E-state index contributed by atoms with van der Waals surface area (Å²) in [4.78, 5) is 14.1. The molecule has 1 aliphatic carbocycles. The maximum absolute atomic E-state index is 11.4. The van der Waals surface area contributed by atoms with Crippen LogP contribution in [0.1, 0.15) is 38.5 Å². The summed E-state index contributed by atoms with van der Waals surface area (Å²) >= 11 is 0. The minimum atomic E-state index is 0.368. The second kappa shape index (κ2) is 3.75. The van der Waals surface area contributed by atoms with Crippen LogP contribution in [0.15, 0.2) is 11.6 Å². The van der Waals surface area contributed by atoms with E-state index in [2.05, 4.69) is 4.90 Å². The molecule has 0 saturated carbocycles. The van der Waals surface area contributed by atoms with Crippen LogP contribution in [0.5, 0.6) is 0 Å². The Hall–Kier alpha value is -0.630. The third kappa shape index (κ3) is 1.65. The summed E-state index contributed by atoms with van der Waals surface area (Å²) in [5, 5.41) is 0. The monoisotopic (exact) mass is 205 g/mol. The van der Waals surface area contributed by atoms with E-state index in [1.165, 1.54) is 44.3 Å². The summed E-state index contributed by atoms with van der Waals surface area (Å²) in [5.41, 5.74) is 1.47. The first-order valence-corrected chi connectivity index (χ1v) is 6.32. The van der Waals surface area contributed by atoms with Crippen molar-refractivity contribution >= 4 is 5.78 Å². The predicted molar refractivity (Wildman–Crippen MR) is 59.6 cm³/mol. The molecule has 2 unspecified atom stereocenters. The highest BCUT2D eigenvalue weighted by atomic mass is 16.1. The Balaban J connectivity index is 1.79. The standard InChI is InChI=1S/C13H19NO/c15-11-4-1-3-10(9-11)12-6-8-14-7-2-5-13(12)14/h9,12-13H,1-8H2. The Morgan fingerprint density at radius 1 is 1.13 bits per heavy atom. The zero-order valence-electron chi connectivity index (χ0n) is 9.24. The van der Waals surface area contributed by atoms with Crippen LogP contribution in [0, 0.1) is 5.92 Å². The van der Waals surface area contributed by atoms with Gasteiger partial charge < -0.3 is 0 Å². The molecule has 0 N–H and O–H groups in total. The zero-order chi connectivity index (χ0) is 10.3. The lowest BCUT2D eigenvalue weighted by Gasteiger charge is -2.24. The molecule has 0 aromatic heterocycles. The molecule has 2 heteroatoms. The van der Waals surface area contributed by atoms with Crippen molar-refractivity contribution in [1.29, 1.82) is 0 Å². The van der Waals surface area contributed by atoms with Gasteiger partial charge in [0.1, 0.15) is 0 Å². The van der Waals surface area contributed by atoms with Gasteiger partial charge in [-0.05, 0) is 57.2 Å². The van der Waals surface area contributed by atoms with Crippen LogP contribution in [0.3, 0.4) is 0 Å². The molecule has 82 valence electrons. The van der Waals surface area contributed by atoms with Crippen molar-refractivity contribution in [1.82, 2.24) is 4.90 Å². The van der Waals surface area contributed by atoms with Crippen molar-refractivity contribution in [3.8, 4) is 0 Å². The third-order valence-electron chi connectivity index (χ3n) is 4.32. The molecule has 3 rings (SSSR count). The fourth-order valence-corrected chi connectivity index (χ4v) is 3.63.